The third-order valence-electron chi connectivity index (χ3n) is 3.82. The van der Waals surface area contributed by atoms with Crippen molar-refractivity contribution in [2.24, 2.45) is 0 Å². The fourth-order valence-electron chi connectivity index (χ4n) is 2.83. The van der Waals surface area contributed by atoms with Crippen LogP contribution in [0.15, 0.2) is 54.6 Å². The Morgan fingerprint density at radius 1 is 1.00 bits per heavy atom. The molecule has 0 aliphatic carbocycles. The Morgan fingerprint density at radius 2 is 1.67 bits per heavy atom. The summed E-state index contributed by atoms with van der Waals surface area (Å²) in [7, 11) is 0. The van der Waals surface area contributed by atoms with E-state index in [0.717, 1.165) is 27.6 Å². The fraction of sp³-hybridized carbons (Fsp3) is 0.190. The Balaban J connectivity index is 2.35. The van der Waals surface area contributed by atoms with Gasteiger partial charge in [-0.1, -0.05) is 36.4 Å². The number of nitriles is 1. The van der Waals surface area contributed by atoms with Crippen LogP contribution in [0.25, 0.3) is 21.9 Å². The van der Waals surface area contributed by atoms with E-state index >= 15 is 0 Å². The minimum atomic E-state index is -0.273. The number of hydrogen-bond acceptors (Lipinski definition) is 2. The van der Waals surface area contributed by atoms with Gasteiger partial charge in [0.25, 0.3) is 0 Å². The highest BCUT2D eigenvalue weighted by atomic mass is 19.1. The molecule has 0 saturated carbocycles. The lowest BCUT2D eigenvalue weighted by molar-refractivity contribution is 0.628. The highest BCUT2D eigenvalue weighted by Crippen LogP contribution is 2.38. The van der Waals surface area contributed by atoms with E-state index in [1.807, 2.05) is 24.3 Å². The van der Waals surface area contributed by atoms with E-state index in [9.17, 15) is 9.65 Å². The van der Waals surface area contributed by atoms with Gasteiger partial charge in [-0.25, -0.2) is 4.39 Å². The minimum absolute atomic E-state index is 0.206. The second kappa shape index (κ2) is 5.98. The zero-order valence-corrected chi connectivity index (χ0v) is 14.0. The molecule has 3 rings (SSSR count). The second-order valence-electron chi connectivity index (χ2n) is 6.89. The summed E-state index contributed by atoms with van der Waals surface area (Å²) in [6, 6.07) is 18.6. The highest BCUT2D eigenvalue weighted by Gasteiger charge is 2.19. The topological polar surface area (TPSA) is 35.8 Å². The largest absolute Gasteiger partial charge is 0.379 e. The van der Waals surface area contributed by atoms with Gasteiger partial charge in [0.1, 0.15) is 11.9 Å². The molecule has 3 heteroatoms. The molecular formula is C21H19FN2. The van der Waals surface area contributed by atoms with Crippen molar-refractivity contribution >= 4 is 16.5 Å². The molecule has 0 heterocycles. The van der Waals surface area contributed by atoms with Gasteiger partial charge < -0.3 is 5.32 Å². The number of nitrogens with zero attached hydrogens (tertiary/aromatic N) is 1. The van der Waals surface area contributed by atoms with E-state index in [0.29, 0.717) is 5.56 Å². The summed E-state index contributed by atoms with van der Waals surface area (Å²) in [6.45, 7) is 6.16. The van der Waals surface area contributed by atoms with Gasteiger partial charge in [0, 0.05) is 16.5 Å². The van der Waals surface area contributed by atoms with E-state index in [1.165, 1.54) is 12.1 Å². The normalized spacial score (nSPS) is 11.3. The van der Waals surface area contributed by atoms with Gasteiger partial charge in [-0.3, -0.25) is 0 Å². The smallest absolute Gasteiger partial charge is 0.123 e. The van der Waals surface area contributed by atoms with Crippen molar-refractivity contribution in [3.63, 3.8) is 0 Å². The summed E-state index contributed by atoms with van der Waals surface area (Å²) in [6.07, 6.45) is 0. The second-order valence-corrected chi connectivity index (χ2v) is 6.89. The average molecular weight is 318 g/mol. The molecule has 1 N–H and O–H groups in total. The van der Waals surface area contributed by atoms with Gasteiger partial charge in [0.15, 0.2) is 0 Å². The number of benzene rings is 3. The monoisotopic (exact) mass is 318 g/mol. The maximum absolute atomic E-state index is 13.3. The molecular weight excluding hydrogens is 299 g/mol. The summed E-state index contributed by atoms with van der Waals surface area (Å²) in [5, 5.41) is 15.1. The Labute approximate surface area is 141 Å². The predicted molar refractivity (Wildman–Crippen MR) is 97.4 cm³/mol. The van der Waals surface area contributed by atoms with Crippen molar-refractivity contribution in [2.45, 2.75) is 26.3 Å². The van der Waals surface area contributed by atoms with E-state index < -0.39 is 0 Å². The lowest BCUT2D eigenvalue weighted by atomic mass is 9.93. The Hall–Kier alpha value is -2.86. The zero-order valence-electron chi connectivity index (χ0n) is 14.0. The molecule has 120 valence electrons. The van der Waals surface area contributed by atoms with E-state index in [1.54, 1.807) is 12.1 Å². The molecule has 0 spiro atoms. The van der Waals surface area contributed by atoms with Crippen LogP contribution in [-0.4, -0.2) is 5.54 Å². The summed E-state index contributed by atoms with van der Waals surface area (Å²) in [4.78, 5) is 0. The summed E-state index contributed by atoms with van der Waals surface area (Å²) < 4.78 is 13.3. The van der Waals surface area contributed by atoms with Crippen molar-refractivity contribution in [1.29, 1.82) is 5.26 Å². The first-order chi connectivity index (χ1) is 11.4. The molecule has 0 saturated heterocycles. The number of rotatable bonds is 2. The molecule has 3 aromatic carbocycles. The summed E-state index contributed by atoms with van der Waals surface area (Å²) in [5.74, 6) is -0.273. The third-order valence-corrected chi connectivity index (χ3v) is 3.82. The van der Waals surface area contributed by atoms with Crippen LogP contribution in [0.4, 0.5) is 10.1 Å². The lowest BCUT2D eigenvalue weighted by Crippen LogP contribution is -2.27. The predicted octanol–water partition coefficient (Wildman–Crippen LogP) is 5.73. The Morgan fingerprint density at radius 3 is 2.29 bits per heavy atom. The van der Waals surface area contributed by atoms with Crippen LogP contribution in [0.1, 0.15) is 26.3 Å². The van der Waals surface area contributed by atoms with E-state index in [4.69, 9.17) is 0 Å². The van der Waals surface area contributed by atoms with Crippen LogP contribution in [0.3, 0.4) is 0 Å². The summed E-state index contributed by atoms with van der Waals surface area (Å²) >= 11 is 0. The van der Waals surface area contributed by atoms with Crippen molar-refractivity contribution in [3.8, 4) is 17.2 Å². The van der Waals surface area contributed by atoms with Crippen molar-refractivity contribution in [3.05, 3.63) is 66.0 Å². The molecule has 0 unspecified atom stereocenters. The van der Waals surface area contributed by atoms with Crippen molar-refractivity contribution in [2.75, 3.05) is 5.32 Å². The molecule has 2 nitrogen and oxygen atoms in total. The lowest BCUT2D eigenvalue weighted by Gasteiger charge is -2.26. The number of nitrogens with one attached hydrogen (secondary N) is 1. The zero-order chi connectivity index (χ0) is 17.3. The average Bonchev–Trinajstić information content (AvgIpc) is 2.54. The van der Waals surface area contributed by atoms with Gasteiger partial charge >= 0.3 is 0 Å². The quantitative estimate of drug-likeness (QED) is 0.655. The standard InChI is InChI=1S/C21H19FN2/c1-21(2,3)24-20-18(14-8-10-16(22)11-9-14)12-15-6-4-5-7-17(15)19(20)13-23/h4-12,24H,1-3H3. The van der Waals surface area contributed by atoms with Crippen molar-refractivity contribution < 1.29 is 4.39 Å². The summed E-state index contributed by atoms with van der Waals surface area (Å²) in [5.41, 5.74) is 2.98. The third kappa shape index (κ3) is 3.09. The van der Waals surface area contributed by atoms with Gasteiger partial charge in [0.05, 0.1) is 11.3 Å². The Bertz CT molecular complexity index is 929. The van der Waals surface area contributed by atoms with Crippen LogP contribution in [0, 0.1) is 17.1 Å². The molecule has 0 aliphatic heterocycles. The highest BCUT2D eigenvalue weighted by molar-refractivity contribution is 6.00. The molecule has 0 aromatic heterocycles. The fourth-order valence-corrected chi connectivity index (χ4v) is 2.83. The first-order valence-corrected chi connectivity index (χ1v) is 7.89. The minimum Gasteiger partial charge on any atom is -0.379 e. The molecule has 0 atom stereocenters. The number of hydrogen-bond donors (Lipinski definition) is 1. The van der Waals surface area contributed by atoms with Gasteiger partial charge in [-0.2, -0.15) is 5.26 Å². The molecule has 0 radical (unpaired) electrons. The Kier molecular flexibility index (Phi) is 3.99. The molecule has 0 aliphatic rings. The molecule has 24 heavy (non-hydrogen) atoms. The molecule has 0 amide bonds. The SMILES string of the molecule is CC(C)(C)Nc1c(-c2ccc(F)cc2)cc2ccccc2c1C#N. The van der Waals surface area contributed by atoms with Crippen LogP contribution >= 0.6 is 0 Å². The number of anilines is 1. The van der Waals surface area contributed by atoms with Crippen LogP contribution in [-0.2, 0) is 0 Å². The number of halogens is 1. The van der Waals surface area contributed by atoms with Crippen LogP contribution in [0.2, 0.25) is 0 Å². The maximum atomic E-state index is 13.3. The molecule has 3 aromatic rings. The van der Waals surface area contributed by atoms with E-state index in [2.05, 4.69) is 38.2 Å². The first kappa shape index (κ1) is 16.0. The van der Waals surface area contributed by atoms with Crippen LogP contribution in [0.5, 0.6) is 0 Å². The van der Waals surface area contributed by atoms with Crippen molar-refractivity contribution in [1.82, 2.24) is 0 Å². The maximum Gasteiger partial charge on any atom is 0.123 e. The van der Waals surface area contributed by atoms with Gasteiger partial charge in [-0.05, 0) is 49.9 Å². The van der Waals surface area contributed by atoms with Crippen LogP contribution < -0.4 is 5.32 Å². The molecule has 0 fully saturated rings. The first-order valence-electron chi connectivity index (χ1n) is 7.89. The van der Waals surface area contributed by atoms with E-state index in [-0.39, 0.29) is 11.4 Å². The van der Waals surface area contributed by atoms with Gasteiger partial charge in [0.2, 0.25) is 0 Å². The van der Waals surface area contributed by atoms with Gasteiger partial charge in [-0.15, -0.1) is 0 Å². The number of fused-ring (bicyclic) bond motifs is 1. The molecule has 0 bridgehead atoms.